The van der Waals surface area contributed by atoms with E-state index in [0.717, 1.165) is 6.07 Å². The van der Waals surface area contributed by atoms with Crippen LogP contribution in [0.1, 0.15) is 13.3 Å². The summed E-state index contributed by atoms with van der Waals surface area (Å²) in [7, 11) is 0. The van der Waals surface area contributed by atoms with Crippen LogP contribution in [0.15, 0.2) is 50.1 Å². The number of carbonyl (C=O) groups excluding carboxylic acids is 1. The van der Waals surface area contributed by atoms with Gasteiger partial charge in [0.25, 0.3) is 0 Å². The summed E-state index contributed by atoms with van der Waals surface area (Å²) < 4.78 is 36.2. The lowest BCUT2D eigenvalue weighted by Crippen LogP contribution is -2.08. The molecular weight excluding hydrogens is 478 g/mol. The van der Waals surface area contributed by atoms with Crippen molar-refractivity contribution in [3.8, 4) is 22.8 Å². The highest BCUT2D eigenvalue weighted by molar-refractivity contribution is 9.10. The molecule has 0 spiro atoms. The molecular formula is C19H12BrClF2O6. The topological polar surface area (TPSA) is 75.0 Å². The average molecular weight is 490 g/mol. The van der Waals surface area contributed by atoms with Crippen LogP contribution in [0.5, 0.6) is 11.5 Å². The van der Waals surface area contributed by atoms with Gasteiger partial charge in [0.15, 0.2) is 16.8 Å². The third kappa shape index (κ3) is 4.68. The van der Waals surface area contributed by atoms with Crippen molar-refractivity contribution in [3.63, 3.8) is 0 Å². The van der Waals surface area contributed by atoms with Crippen LogP contribution in [0, 0.1) is 0 Å². The van der Waals surface area contributed by atoms with Crippen LogP contribution in [0.2, 0.25) is 5.02 Å². The molecule has 10 heteroatoms. The van der Waals surface area contributed by atoms with E-state index in [9.17, 15) is 18.4 Å². The quantitative estimate of drug-likeness (QED) is 0.325. The van der Waals surface area contributed by atoms with Gasteiger partial charge in [0.1, 0.15) is 11.5 Å². The Balaban J connectivity index is 2.17. The Labute approximate surface area is 176 Å². The van der Waals surface area contributed by atoms with Gasteiger partial charge in [-0.3, -0.25) is 14.6 Å². The minimum atomic E-state index is -3.14. The number of fused-ring (bicyclic) bond motifs is 1. The van der Waals surface area contributed by atoms with Gasteiger partial charge in [-0.1, -0.05) is 24.6 Å². The molecule has 152 valence electrons. The lowest BCUT2D eigenvalue weighted by atomic mass is 10.1. The number of rotatable bonds is 6. The number of para-hydroxylation sites is 1. The van der Waals surface area contributed by atoms with E-state index in [4.69, 9.17) is 20.9 Å². The van der Waals surface area contributed by atoms with Crippen LogP contribution >= 0.6 is 27.5 Å². The van der Waals surface area contributed by atoms with Gasteiger partial charge in [0.2, 0.25) is 0 Å². The van der Waals surface area contributed by atoms with Crippen LogP contribution in [0.4, 0.5) is 8.78 Å². The molecule has 29 heavy (non-hydrogen) atoms. The summed E-state index contributed by atoms with van der Waals surface area (Å²) in [6, 6.07) is 8.14. The van der Waals surface area contributed by atoms with Crippen LogP contribution in [0.25, 0.3) is 22.3 Å². The number of hydrogen-bond acceptors (Lipinski definition) is 6. The van der Waals surface area contributed by atoms with Crippen LogP contribution in [-0.2, 0) is 9.68 Å². The van der Waals surface area contributed by atoms with Crippen molar-refractivity contribution >= 4 is 44.5 Å². The second-order valence-corrected chi connectivity index (χ2v) is 6.90. The van der Waals surface area contributed by atoms with Gasteiger partial charge in [0, 0.05) is 18.6 Å². The molecule has 1 aromatic heterocycles. The number of alkyl halides is 2. The van der Waals surface area contributed by atoms with Gasteiger partial charge in [-0.25, -0.2) is 4.79 Å². The molecule has 0 bridgehead atoms. The largest absolute Gasteiger partial charge is 0.454 e. The summed E-state index contributed by atoms with van der Waals surface area (Å²) in [5, 5.41) is 0.395. The van der Waals surface area contributed by atoms with E-state index < -0.39 is 18.0 Å². The van der Waals surface area contributed by atoms with Gasteiger partial charge in [0.05, 0.1) is 20.4 Å². The van der Waals surface area contributed by atoms with Crippen molar-refractivity contribution in [1.29, 1.82) is 0 Å². The van der Waals surface area contributed by atoms with Crippen LogP contribution in [-0.4, -0.2) is 12.6 Å². The van der Waals surface area contributed by atoms with Gasteiger partial charge in [-0.15, -0.1) is 0 Å². The van der Waals surface area contributed by atoms with E-state index in [1.807, 2.05) is 0 Å². The summed E-state index contributed by atoms with van der Waals surface area (Å²) >= 11 is 9.22. The molecule has 1 heterocycles. The molecule has 0 N–H and O–H groups in total. The van der Waals surface area contributed by atoms with Crippen molar-refractivity contribution in [3.05, 3.63) is 56.1 Å². The van der Waals surface area contributed by atoms with E-state index in [1.165, 1.54) is 24.3 Å². The Kier molecular flexibility index (Phi) is 6.39. The Bertz CT molecular complexity index is 1130. The maximum absolute atomic E-state index is 12.9. The molecule has 0 aliphatic heterocycles. The predicted molar refractivity (Wildman–Crippen MR) is 104 cm³/mol. The lowest BCUT2D eigenvalue weighted by Gasteiger charge is -2.14. The van der Waals surface area contributed by atoms with E-state index in [-0.39, 0.29) is 49.7 Å². The predicted octanol–water partition coefficient (Wildman–Crippen LogP) is 5.72. The molecule has 0 aliphatic carbocycles. The molecule has 0 amide bonds. The molecule has 0 saturated heterocycles. The standard InChI is InChI=1S/C19H12BrClF2O6/c1-2-17(25)29-28-16-6-10(14(7-11(16)20)27-19(22)23)15-8-13(24)9-4-3-5-12(21)18(9)26-15/h3-8,19H,2H2,1H3. The fourth-order valence-electron chi connectivity index (χ4n) is 2.41. The van der Waals surface area contributed by atoms with E-state index in [0.29, 0.717) is 0 Å². The zero-order valence-electron chi connectivity index (χ0n) is 14.7. The summed E-state index contributed by atoms with van der Waals surface area (Å²) in [6.45, 7) is -1.57. The highest BCUT2D eigenvalue weighted by atomic mass is 79.9. The highest BCUT2D eigenvalue weighted by Crippen LogP contribution is 2.40. The molecule has 0 radical (unpaired) electrons. The van der Waals surface area contributed by atoms with Gasteiger partial charge >= 0.3 is 12.6 Å². The second kappa shape index (κ2) is 8.79. The minimum absolute atomic E-state index is 0.0229. The Morgan fingerprint density at radius 1 is 1.24 bits per heavy atom. The monoisotopic (exact) mass is 488 g/mol. The maximum Gasteiger partial charge on any atom is 0.387 e. The Hall–Kier alpha value is -2.65. The third-order valence-electron chi connectivity index (χ3n) is 3.74. The fourth-order valence-corrected chi connectivity index (χ4v) is 3.01. The summed E-state index contributed by atoms with van der Waals surface area (Å²) in [6.07, 6.45) is 0.0646. The third-order valence-corrected chi connectivity index (χ3v) is 4.65. The van der Waals surface area contributed by atoms with Crippen molar-refractivity contribution in [2.24, 2.45) is 0 Å². The molecule has 3 aromatic rings. The summed E-state index contributed by atoms with van der Waals surface area (Å²) in [5.74, 6) is -1.05. The molecule has 0 saturated carbocycles. The van der Waals surface area contributed by atoms with E-state index in [2.05, 4.69) is 25.6 Å². The van der Waals surface area contributed by atoms with Crippen molar-refractivity contribution in [2.45, 2.75) is 20.0 Å². The Morgan fingerprint density at radius 3 is 2.69 bits per heavy atom. The maximum atomic E-state index is 12.9. The van der Waals surface area contributed by atoms with Crippen LogP contribution < -0.4 is 15.1 Å². The number of hydrogen-bond donors (Lipinski definition) is 0. The SMILES string of the molecule is CCC(=O)OOc1cc(-c2cc(=O)c3cccc(Cl)c3o2)c(OC(F)F)cc1Br. The molecule has 0 unspecified atom stereocenters. The second-order valence-electron chi connectivity index (χ2n) is 5.64. The zero-order chi connectivity index (χ0) is 21.1. The van der Waals surface area contributed by atoms with Crippen molar-refractivity contribution < 1.29 is 32.5 Å². The van der Waals surface area contributed by atoms with Gasteiger partial charge < -0.3 is 9.15 Å². The first-order valence-corrected chi connectivity index (χ1v) is 9.35. The molecule has 0 aliphatic rings. The smallest absolute Gasteiger partial charge is 0.387 e. The van der Waals surface area contributed by atoms with E-state index in [1.54, 1.807) is 13.0 Å². The minimum Gasteiger partial charge on any atom is -0.454 e. The number of benzene rings is 2. The average Bonchev–Trinajstić information content (AvgIpc) is 2.67. The lowest BCUT2D eigenvalue weighted by molar-refractivity contribution is -0.213. The fraction of sp³-hybridized carbons (Fsp3) is 0.158. The van der Waals surface area contributed by atoms with Crippen molar-refractivity contribution in [1.82, 2.24) is 0 Å². The Morgan fingerprint density at radius 2 is 2.00 bits per heavy atom. The van der Waals surface area contributed by atoms with Crippen molar-refractivity contribution in [2.75, 3.05) is 0 Å². The molecule has 0 atom stereocenters. The first kappa shape index (κ1) is 21.1. The number of carbonyl (C=O) groups is 1. The number of halogens is 4. The molecule has 0 fully saturated rings. The van der Waals surface area contributed by atoms with Gasteiger partial charge in [-0.05, 0) is 34.1 Å². The normalized spacial score (nSPS) is 11.0. The molecule has 3 rings (SSSR count). The first-order valence-electron chi connectivity index (χ1n) is 8.18. The zero-order valence-corrected chi connectivity index (χ0v) is 17.1. The summed E-state index contributed by atoms with van der Waals surface area (Å²) in [4.78, 5) is 33.4. The van der Waals surface area contributed by atoms with Gasteiger partial charge in [-0.2, -0.15) is 8.78 Å². The highest BCUT2D eigenvalue weighted by Gasteiger charge is 2.20. The number of ether oxygens (including phenoxy) is 1. The molecule has 2 aromatic carbocycles. The summed E-state index contributed by atoms with van der Waals surface area (Å²) in [5.41, 5.74) is -0.382. The van der Waals surface area contributed by atoms with E-state index >= 15 is 0 Å². The van der Waals surface area contributed by atoms with Crippen LogP contribution in [0.3, 0.4) is 0 Å². The molecule has 6 nitrogen and oxygen atoms in total. The first-order chi connectivity index (χ1) is 13.8.